The van der Waals surface area contributed by atoms with Crippen molar-refractivity contribution in [2.45, 2.75) is 32.7 Å². The van der Waals surface area contributed by atoms with Crippen LogP contribution >= 0.6 is 0 Å². The lowest BCUT2D eigenvalue weighted by Gasteiger charge is -2.34. The predicted molar refractivity (Wildman–Crippen MR) is 75.0 cm³/mol. The van der Waals surface area contributed by atoms with Gasteiger partial charge in [0.1, 0.15) is 0 Å². The third-order valence-corrected chi connectivity index (χ3v) is 4.07. The molecular weight excluding hydrogens is 240 g/mol. The van der Waals surface area contributed by atoms with Crippen molar-refractivity contribution in [1.82, 2.24) is 20.0 Å². The quantitative estimate of drug-likeness (QED) is 0.898. The molecule has 2 rings (SSSR count). The van der Waals surface area contributed by atoms with E-state index in [1.165, 1.54) is 0 Å². The molecule has 5 heteroatoms. The fourth-order valence-electron chi connectivity index (χ4n) is 2.49. The number of aromatic amines is 1. The van der Waals surface area contributed by atoms with Gasteiger partial charge in [0, 0.05) is 31.9 Å². The highest BCUT2D eigenvalue weighted by Crippen LogP contribution is 2.20. The minimum atomic E-state index is 0.101. The van der Waals surface area contributed by atoms with Crippen LogP contribution in [-0.4, -0.2) is 58.6 Å². The molecule has 0 atom stereocenters. The number of H-pyrrole nitrogens is 1. The molecule has 2 heterocycles. The molecule has 1 saturated heterocycles. The summed E-state index contributed by atoms with van der Waals surface area (Å²) < 4.78 is 0. The van der Waals surface area contributed by atoms with E-state index in [4.69, 9.17) is 0 Å². The van der Waals surface area contributed by atoms with Gasteiger partial charge in [-0.1, -0.05) is 0 Å². The monoisotopic (exact) mass is 264 g/mol. The van der Waals surface area contributed by atoms with Crippen LogP contribution in [0.2, 0.25) is 0 Å². The molecule has 0 bridgehead atoms. The molecule has 1 aromatic rings. The molecule has 0 unspecified atom stereocenters. The Labute approximate surface area is 115 Å². The smallest absolute Gasteiger partial charge is 0.257 e. The second-order valence-electron chi connectivity index (χ2n) is 5.76. The Morgan fingerprint density at radius 1 is 1.53 bits per heavy atom. The third kappa shape index (κ3) is 3.56. The van der Waals surface area contributed by atoms with E-state index in [9.17, 15) is 4.79 Å². The molecule has 1 aromatic heterocycles. The summed E-state index contributed by atoms with van der Waals surface area (Å²) in [4.78, 5) is 16.5. The average Bonchev–Trinajstić information content (AvgIpc) is 2.92. The average molecular weight is 264 g/mol. The minimum absolute atomic E-state index is 0.101. The molecule has 0 aromatic carbocycles. The summed E-state index contributed by atoms with van der Waals surface area (Å²) in [7, 11) is 2.17. The number of amides is 1. The predicted octanol–water partition coefficient (Wildman–Crippen LogP) is 1.60. The number of carbonyl (C=O) groups is 1. The van der Waals surface area contributed by atoms with Gasteiger partial charge >= 0.3 is 0 Å². The van der Waals surface area contributed by atoms with Gasteiger partial charge in [0.05, 0.1) is 11.8 Å². The molecule has 1 N–H and O–H groups in total. The molecule has 1 aliphatic rings. The standard InChI is InChI=1S/C14H24N4O/c1-11(2)17(3)10-12-4-6-18(7-5-12)14(19)13-8-15-16-9-13/h8-9,11-12H,4-7,10H2,1-3H3,(H,15,16). The number of hydrogen-bond donors (Lipinski definition) is 1. The van der Waals surface area contributed by atoms with E-state index in [0.29, 0.717) is 17.5 Å². The van der Waals surface area contributed by atoms with Crippen LogP contribution in [0.3, 0.4) is 0 Å². The molecule has 0 radical (unpaired) electrons. The Kier molecular flexibility index (Phi) is 4.58. The topological polar surface area (TPSA) is 52.2 Å². The highest BCUT2D eigenvalue weighted by Gasteiger charge is 2.25. The first-order valence-corrected chi connectivity index (χ1v) is 7.06. The lowest BCUT2D eigenvalue weighted by Crippen LogP contribution is -2.42. The minimum Gasteiger partial charge on any atom is -0.339 e. The molecule has 1 amide bonds. The third-order valence-electron chi connectivity index (χ3n) is 4.07. The molecule has 1 fully saturated rings. The number of likely N-dealkylation sites (tertiary alicyclic amines) is 1. The van der Waals surface area contributed by atoms with Gasteiger partial charge in [-0.3, -0.25) is 9.89 Å². The van der Waals surface area contributed by atoms with Crippen molar-refractivity contribution in [2.75, 3.05) is 26.7 Å². The first-order chi connectivity index (χ1) is 9.08. The Morgan fingerprint density at radius 3 is 2.74 bits per heavy atom. The Morgan fingerprint density at radius 2 is 2.21 bits per heavy atom. The molecule has 19 heavy (non-hydrogen) atoms. The van der Waals surface area contributed by atoms with E-state index >= 15 is 0 Å². The zero-order valence-electron chi connectivity index (χ0n) is 12.1. The Bertz CT molecular complexity index is 394. The summed E-state index contributed by atoms with van der Waals surface area (Å²) in [5.41, 5.74) is 0.665. The zero-order chi connectivity index (χ0) is 13.8. The van der Waals surface area contributed by atoms with Gasteiger partial charge in [-0.2, -0.15) is 5.10 Å². The van der Waals surface area contributed by atoms with Gasteiger partial charge in [0.2, 0.25) is 0 Å². The summed E-state index contributed by atoms with van der Waals surface area (Å²) >= 11 is 0. The largest absolute Gasteiger partial charge is 0.339 e. The van der Waals surface area contributed by atoms with Crippen LogP contribution in [0.1, 0.15) is 37.0 Å². The van der Waals surface area contributed by atoms with Crippen LogP contribution in [0, 0.1) is 5.92 Å². The zero-order valence-corrected chi connectivity index (χ0v) is 12.1. The van der Waals surface area contributed by atoms with Gasteiger partial charge < -0.3 is 9.80 Å². The Hall–Kier alpha value is -1.36. The normalized spacial score (nSPS) is 17.4. The van der Waals surface area contributed by atoms with Gasteiger partial charge in [-0.15, -0.1) is 0 Å². The highest BCUT2D eigenvalue weighted by atomic mass is 16.2. The van der Waals surface area contributed by atoms with E-state index < -0.39 is 0 Å². The summed E-state index contributed by atoms with van der Waals surface area (Å²) in [5, 5.41) is 6.53. The maximum absolute atomic E-state index is 12.2. The first-order valence-electron chi connectivity index (χ1n) is 7.06. The van der Waals surface area contributed by atoms with Crippen LogP contribution in [0.5, 0.6) is 0 Å². The summed E-state index contributed by atoms with van der Waals surface area (Å²) in [6.45, 7) is 7.29. The summed E-state index contributed by atoms with van der Waals surface area (Å²) in [5.74, 6) is 0.810. The van der Waals surface area contributed by atoms with Crippen molar-refractivity contribution in [3.05, 3.63) is 18.0 Å². The van der Waals surface area contributed by atoms with Crippen molar-refractivity contribution in [1.29, 1.82) is 0 Å². The summed E-state index contributed by atoms with van der Waals surface area (Å²) in [6, 6.07) is 0.589. The van der Waals surface area contributed by atoms with Crippen LogP contribution in [0.25, 0.3) is 0 Å². The number of nitrogens with zero attached hydrogens (tertiary/aromatic N) is 3. The fourth-order valence-corrected chi connectivity index (χ4v) is 2.49. The number of rotatable bonds is 4. The van der Waals surface area contributed by atoms with Gasteiger partial charge in [0.15, 0.2) is 0 Å². The van der Waals surface area contributed by atoms with Crippen LogP contribution in [0.4, 0.5) is 0 Å². The Balaban J connectivity index is 1.81. The van der Waals surface area contributed by atoms with E-state index in [2.05, 4.69) is 36.0 Å². The van der Waals surface area contributed by atoms with E-state index in [-0.39, 0.29) is 5.91 Å². The van der Waals surface area contributed by atoms with E-state index in [0.717, 1.165) is 32.5 Å². The second kappa shape index (κ2) is 6.19. The lowest BCUT2D eigenvalue weighted by molar-refractivity contribution is 0.0666. The van der Waals surface area contributed by atoms with Gasteiger partial charge in [0.25, 0.3) is 5.91 Å². The van der Waals surface area contributed by atoms with Crippen molar-refractivity contribution < 1.29 is 4.79 Å². The molecule has 106 valence electrons. The molecule has 5 nitrogen and oxygen atoms in total. The van der Waals surface area contributed by atoms with Gasteiger partial charge in [-0.25, -0.2) is 0 Å². The number of piperidine rings is 1. The van der Waals surface area contributed by atoms with Crippen LogP contribution in [-0.2, 0) is 0 Å². The molecule has 0 saturated carbocycles. The van der Waals surface area contributed by atoms with Gasteiger partial charge in [-0.05, 0) is 39.7 Å². The molecule has 1 aliphatic heterocycles. The number of aromatic nitrogens is 2. The van der Waals surface area contributed by atoms with Crippen LogP contribution < -0.4 is 0 Å². The molecular formula is C14H24N4O. The fraction of sp³-hybridized carbons (Fsp3) is 0.714. The molecule has 0 spiro atoms. The van der Waals surface area contributed by atoms with Crippen LogP contribution in [0.15, 0.2) is 12.4 Å². The van der Waals surface area contributed by atoms with Crippen molar-refractivity contribution in [3.8, 4) is 0 Å². The maximum Gasteiger partial charge on any atom is 0.257 e. The van der Waals surface area contributed by atoms with Crippen molar-refractivity contribution in [3.63, 3.8) is 0 Å². The number of carbonyl (C=O) groups excluding carboxylic acids is 1. The van der Waals surface area contributed by atoms with E-state index in [1.54, 1.807) is 12.4 Å². The second-order valence-corrected chi connectivity index (χ2v) is 5.76. The molecule has 0 aliphatic carbocycles. The maximum atomic E-state index is 12.2. The summed E-state index contributed by atoms with van der Waals surface area (Å²) in [6.07, 6.45) is 5.46. The number of nitrogens with one attached hydrogen (secondary N) is 1. The van der Waals surface area contributed by atoms with E-state index in [1.807, 2.05) is 4.90 Å². The first kappa shape index (κ1) is 14.1. The highest BCUT2D eigenvalue weighted by molar-refractivity contribution is 5.93. The van der Waals surface area contributed by atoms with Crippen molar-refractivity contribution in [2.24, 2.45) is 5.92 Å². The SMILES string of the molecule is CC(C)N(C)CC1CCN(C(=O)c2cn[nH]c2)CC1. The van der Waals surface area contributed by atoms with Crippen molar-refractivity contribution >= 4 is 5.91 Å². The number of hydrogen-bond acceptors (Lipinski definition) is 3. The lowest BCUT2D eigenvalue weighted by atomic mass is 9.95.